The summed E-state index contributed by atoms with van der Waals surface area (Å²) in [5.41, 5.74) is 0. The summed E-state index contributed by atoms with van der Waals surface area (Å²) in [5.74, 6) is 7.81. The first kappa shape index (κ1) is 8.62. The third-order valence-corrected chi connectivity index (χ3v) is 1.92. The van der Waals surface area contributed by atoms with Crippen LogP contribution < -0.4 is 0 Å². The molecule has 1 heteroatoms. The van der Waals surface area contributed by atoms with Crippen LogP contribution in [0, 0.1) is 23.7 Å². The van der Waals surface area contributed by atoms with E-state index in [1.165, 1.54) is 13.1 Å². The molecule has 1 saturated heterocycles. The second-order valence-corrected chi connectivity index (χ2v) is 3.77. The van der Waals surface area contributed by atoms with Crippen LogP contribution in [0.25, 0.3) is 0 Å². The van der Waals surface area contributed by atoms with Crippen LogP contribution in [0.3, 0.4) is 0 Å². The molecule has 0 radical (unpaired) electrons. The largest absolute Gasteiger partial charge is 0.306 e. The van der Waals surface area contributed by atoms with Crippen LogP contribution in [0.5, 0.6) is 0 Å². The van der Waals surface area contributed by atoms with Crippen molar-refractivity contribution in [2.24, 2.45) is 11.8 Å². The number of likely N-dealkylation sites (tertiary alicyclic amines) is 1. The lowest BCUT2D eigenvalue weighted by Gasteiger charge is -2.34. The van der Waals surface area contributed by atoms with Crippen molar-refractivity contribution in [3.63, 3.8) is 0 Å². The lowest BCUT2D eigenvalue weighted by molar-refractivity contribution is 0.138. The zero-order valence-electron chi connectivity index (χ0n) is 7.72. The molecule has 0 aromatic rings. The fourth-order valence-electron chi connectivity index (χ4n) is 1.36. The minimum Gasteiger partial charge on any atom is -0.306 e. The van der Waals surface area contributed by atoms with Gasteiger partial charge in [0.2, 0.25) is 0 Å². The maximum absolute atomic E-state index is 3.23. The SMILES string of the molecule is CC(C)C#CCC1CN(C)C1. The van der Waals surface area contributed by atoms with Gasteiger partial charge in [-0.1, -0.05) is 13.8 Å². The molecule has 1 nitrogen and oxygen atoms in total. The lowest BCUT2D eigenvalue weighted by atomic mass is 9.97. The Hall–Kier alpha value is -0.480. The highest BCUT2D eigenvalue weighted by atomic mass is 15.2. The molecule has 0 N–H and O–H groups in total. The topological polar surface area (TPSA) is 3.24 Å². The molecule has 0 unspecified atom stereocenters. The zero-order valence-corrected chi connectivity index (χ0v) is 7.72. The summed E-state index contributed by atoms with van der Waals surface area (Å²) in [6.07, 6.45) is 1.10. The van der Waals surface area contributed by atoms with E-state index in [0.29, 0.717) is 5.92 Å². The van der Waals surface area contributed by atoms with E-state index in [-0.39, 0.29) is 0 Å². The summed E-state index contributed by atoms with van der Waals surface area (Å²) in [7, 11) is 2.16. The Bertz CT molecular complexity index is 167. The monoisotopic (exact) mass is 151 g/mol. The van der Waals surface area contributed by atoms with Crippen molar-refractivity contribution >= 4 is 0 Å². The highest BCUT2D eigenvalue weighted by molar-refractivity contribution is 5.03. The predicted octanol–water partition coefficient (Wildman–Crippen LogP) is 1.60. The Morgan fingerprint density at radius 3 is 2.55 bits per heavy atom. The van der Waals surface area contributed by atoms with Gasteiger partial charge in [-0.2, -0.15) is 0 Å². The number of hydrogen-bond acceptors (Lipinski definition) is 1. The first-order valence-corrected chi connectivity index (χ1v) is 4.35. The van der Waals surface area contributed by atoms with Gasteiger partial charge in [-0.25, -0.2) is 0 Å². The van der Waals surface area contributed by atoms with E-state index in [2.05, 4.69) is 37.6 Å². The minimum atomic E-state index is 0.535. The van der Waals surface area contributed by atoms with Gasteiger partial charge in [0.25, 0.3) is 0 Å². The number of rotatable bonds is 1. The van der Waals surface area contributed by atoms with Crippen molar-refractivity contribution in [2.75, 3.05) is 20.1 Å². The first-order valence-electron chi connectivity index (χ1n) is 4.35. The van der Waals surface area contributed by atoms with Gasteiger partial charge in [0.1, 0.15) is 0 Å². The number of nitrogens with zero attached hydrogens (tertiary/aromatic N) is 1. The molecule has 1 heterocycles. The average molecular weight is 151 g/mol. The molecule has 11 heavy (non-hydrogen) atoms. The third-order valence-electron chi connectivity index (χ3n) is 1.92. The smallest absolute Gasteiger partial charge is 0.0146 e. The standard InChI is InChI=1S/C10H17N/c1-9(2)5-4-6-10-7-11(3)8-10/h9-10H,6-8H2,1-3H3. The van der Waals surface area contributed by atoms with Crippen LogP contribution in [0.1, 0.15) is 20.3 Å². The fraction of sp³-hybridized carbons (Fsp3) is 0.800. The van der Waals surface area contributed by atoms with E-state index in [9.17, 15) is 0 Å². The molecule has 0 bridgehead atoms. The Morgan fingerprint density at radius 1 is 1.45 bits per heavy atom. The van der Waals surface area contributed by atoms with Crippen LogP contribution in [-0.4, -0.2) is 25.0 Å². The highest BCUT2D eigenvalue weighted by Crippen LogP contribution is 2.15. The van der Waals surface area contributed by atoms with E-state index >= 15 is 0 Å². The van der Waals surface area contributed by atoms with E-state index < -0.39 is 0 Å². The van der Waals surface area contributed by atoms with Gasteiger partial charge in [0.15, 0.2) is 0 Å². The summed E-state index contributed by atoms with van der Waals surface area (Å²) >= 11 is 0. The molecule has 0 aromatic carbocycles. The summed E-state index contributed by atoms with van der Waals surface area (Å²) in [6.45, 7) is 6.76. The molecular formula is C10H17N. The second kappa shape index (κ2) is 3.78. The molecule has 0 spiro atoms. The van der Waals surface area contributed by atoms with Gasteiger partial charge in [-0.3, -0.25) is 0 Å². The predicted molar refractivity (Wildman–Crippen MR) is 48.2 cm³/mol. The van der Waals surface area contributed by atoms with Gasteiger partial charge < -0.3 is 4.90 Å². The van der Waals surface area contributed by atoms with Gasteiger partial charge in [0, 0.05) is 25.4 Å². The molecule has 0 aliphatic carbocycles. The normalized spacial score (nSPS) is 19.3. The van der Waals surface area contributed by atoms with Crippen molar-refractivity contribution in [2.45, 2.75) is 20.3 Å². The van der Waals surface area contributed by atoms with Gasteiger partial charge >= 0.3 is 0 Å². The maximum Gasteiger partial charge on any atom is 0.0146 e. The molecule has 1 aliphatic rings. The number of hydrogen-bond donors (Lipinski definition) is 0. The van der Waals surface area contributed by atoms with Crippen molar-refractivity contribution in [1.29, 1.82) is 0 Å². The van der Waals surface area contributed by atoms with Gasteiger partial charge in [-0.15, -0.1) is 11.8 Å². The van der Waals surface area contributed by atoms with E-state index in [0.717, 1.165) is 12.3 Å². The van der Waals surface area contributed by atoms with Crippen molar-refractivity contribution in [3.05, 3.63) is 0 Å². The van der Waals surface area contributed by atoms with Crippen molar-refractivity contribution < 1.29 is 0 Å². The molecule has 0 atom stereocenters. The molecular weight excluding hydrogens is 134 g/mol. The van der Waals surface area contributed by atoms with Gasteiger partial charge in [-0.05, 0) is 13.0 Å². The molecule has 0 amide bonds. The highest BCUT2D eigenvalue weighted by Gasteiger charge is 2.21. The second-order valence-electron chi connectivity index (χ2n) is 3.77. The van der Waals surface area contributed by atoms with E-state index in [4.69, 9.17) is 0 Å². The van der Waals surface area contributed by atoms with Crippen molar-refractivity contribution in [3.8, 4) is 11.8 Å². The summed E-state index contributed by atoms with van der Waals surface area (Å²) in [6, 6.07) is 0. The Labute approximate surface area is 69.8 Å². The first-order chi connectivity index (χ1) is 5.18. The Morgan fingerprint density at radius 2 is 2.09 bits per heavy atom. The quantitative estimate of drug-likeness (QED) is 0.514. The molecule has 1 aliphatic heterocycles. The van der Waals surface area contributed by atoms with E-state index in [1.54, 1.807) is 0 Å². The summed E-state index contributed by atoms with van der Waals surface area (Å²) < 4.78 is 0. The third kappa shape index (κ3) is 2.95. The molecule has 1 rings (SSSR count). The molecule has 0 aromatic heterocycles. The van der Waals surface area contributed by atoms with Crippen LogP contribution in [0.2, 0.25) is 0 Å². The van der Waals surface area contributed by atoms with Crippen LogP contribution in [0.15, 0.2) is 0 Å². The molecule has 1 fully saturated rings. The summed E-state index contributed by atoms with van der Waals surface area (Å²) in [4.78, 5) is 2.34. The minimum absolute atomic E-state index is 0.535. The maximum atomic E-state index is 3.23. The lowest BCUT2D eigenvalue weighted by Crippen LogP contribution is -2.43. The van der Waals surface area contributed by atoms with Crippen molar-refractivity contribution in [1.82, 2.24) is 4.90 Å². The van der Waals surface area contributed by atoms with Crippen LogP contribution >= 0.6 is 0 Å². The zero-order chi connectivity index (χ0) is 8.27. The fourth-order valence-corrected chi connectivity index (χ4v) is 1.36. The summed E-state index contributed by atoms with van der Waals surface area (Å²) in [5, 5.41) is 0. The average Bonchev–Trinajstić information content (AvgIpc) is 1.83. The Kier molecular flexibility index (Phi) is 2.96. The van der Waals surface area contributed by atoms with Crippen LogP contribution in [0.4, 0.5) is 0 Å². The van der Waals surface area contributed by atoms with Crippen LogP contribution in [-0.2, 0) is 0 Å². The molecule has 0 saturated carbocycles. The molecule has 62 valence electrons. The van der Waals surface area contributed by atoms with Gasteiger partial charge in [0.05, 0.1) is 0 Å². The Balaban J connectivity index is 2.10. The van der Waals surface area contributed by atoms with E-state index in [1.807, 2.05) is 0 Å².